The number of aromatic nitrogens is 1. The maximum atomic E-state index is 11.9. The smallest absolute Gasteiger partial charge is 0.253 e. The maximum absolute atomic E-state index is 11.9. The van der Waals surface area contributed by atoms with Crippen molar-refractivity contribution in [2.75, 3.05) is 0 Å². The van der Waals surface area contributed by atoms with E-state index < -0.39 is 0 Å². The van der Waals surface area contributed by atoms with Gasteiger partial charge in [0.15, 0.2) is 0 Å². The molecule has 17 heavy (non-hydrogen) atoms. The molecule has 88 valence electrons. The number of halogens is 2. The van der Waals surface area contributed by atoms with Crippen LogP contribution in [0.15, 0.2) is 41.3 Å². The Morgan fingerprint density at radius 1 is 1.35 bits per heavy atom. The highest BCUT2D eigenvalue weighted by Gasteiger charge is 2.03. The molecule has 0 bridgehead atoms. The van der Waals surface area contributed by atoms with E-state index in [0.29, 0.717) is 17.1 Å². The van der Waals surface area contributed by atoms with Crippen molar-refractivity contribution in [1.29, 1.82) is 0 Å². The summed E-state index contributed by atoms with van der Waals surface area (Å²) in [6.45, 7) is 2.33. The number of rotatable bonds is 2. The van der Waals surface area contributed by atoms with Crippen molar-refractivity contribution in [3.63, 3.8) is 0 Å². The average Bonchev–Trinajstić information content (AvgIpc) is 2.25. The Morgan fingerprint density at radius 3 is 2.82 bits per heavy atom. The van der Waals surface area contributed by atoms with Crippen LogP contribution in [0.1, 0.15) is 11.1 Å². The van der Waals surface area contributed by atoms with Gasteiger partial charge in [0.25, 0.3) is 5.56 Å². The molecule has 0 saturated carbocycles. The van der Waals surface area contributed by atoms with E-state index in [1.165, 1.54) is 0 Å². The summed E-state index contributed by atoms with van der Waals surface area (Å²) >= 11 is 8.22. The fourth-order valence-corrected chi connectivity index (χ4v) is 2.58. The van der Waals surface area contributed by atoms with Crippen LogP contribution >= 0.6 is 34.2 Å². The number of hydrogen-bond donors (Lipinski definition) is 0. The molecule has 2 aromatic rings. The van der Waals surface area contributed by atoms with Crippen LogP contribution in [0.5, 0.6) is 0 Å². The number of pyridine rings is 1. The highest BCUT2D eigenvalue weighted by molar-refractivity contribution is 14.1. The van der Waals surface area contributed by atoms with E-state index in [9.17, 15) is 4.79 Å². The van der Waals surface area contributed by atoms with Crippen molar-refractivity contribution in [2.45, 2.75) is 13.5 Å². The van der Waals surface area contributed by atoms with E-state index in [-0.39, 0.29) is 5.56 Å². The molecule has 0 aliphatic carbocycles. The number of benzene rings is 1. The standard InChI is InChI=1S/C13H11ClINO/c1-9-5-11(14)8-16(13(9)17)7-10-3-2-4-12(15)6-10/h2-6,8H,7H2,1H3. The van der Waals surface area contributed by atoms with Crippen LogP contribution in [0, 0.1) is 10.5 Å². The number of hydrogen-bond acceptors (Lipinski definition) is 1. The predicted molar refractivity (Wildman–Crippen MR) is 78.7 cm³/mol. The number of nitrogens with zero attached hydrogens (tertiary/aromatic N) is 1. The topological polar surface area (TPSA) is 22.0 Å². The van der Waals surface area contributed by atoms with Gasteiger partial charge in [-0.25, -0.2) is 0 Å². The zero-order chi connectivity index (χ0) is 12.4. The minimum atomic E-state index is 0.00765. The lowest BCUT2D eigenvalue weighted by molar-refractivity contribution is 0.752. The van der Waals surface area contributed by atoms with Gasteiger partial charge in [0.2, 0.25) is 0 Å². The van der Waals surface area contributed by atoms with E-state index in [4.69, 9.17) is 11.6 Å². The normalized spacial score (nSPS) is 10.5. The lowest BCUT2D eigenvalue weighted by Gasteiger charge is -2.08. The molecule has 1 aromatic carbocycles. The molecule has 4 heteroatoms. The predicted octanol–water partition coefficient (Wildman–Crippen LogP) is 3.46. The summed E-state index contributed by atoms with van der Waals surface area (Å²) in [6.07, 6.45) is 1.68. The zero-order valence-corrected chi connectivity index (χ0v) is 12.2. The zero-order valence-electron chi connectivity index (χ0n) is 9.28. The largest absolute Gasteiger partial charge is 0.309 e. The molecule has 0 amide bonds. The second-order valence-electron chi connectivity index (χ2n) is 3.90. The Hall–Kier alpha value is -0.810. The fraction of sp³-hybridized carbons (Fsp3) is 0.154. The third kappa shape index (κ3) is 3.10. The molecule has 0 unspecified atom stereocenters. The molecule has 0 fully saturated rings. The van der Waals surface area contributed by atoms with Crippen LogP contribution in [0.4, 0.5) is 0 Å². The van der Waals surface area contributed by atoms with Crippen LogP contribution in [0.2, 0.25) is 5.02 Å². The van der Waals surface area contributed by atoms with Crippen molar-refractivity contribution >= 4 is 34.2 Å². The van der Waals surface area contributed by atoms with Crippen molar-refractivity contribution in [3.8, 4) is 0 Å². The molecule has 2 nitrogen and oxygen atoms in total. The quantitative estimate of drug-likeness (QED) is 0.753. The highest BCUT2D eigenvalue weighted by Crippen LogP contribution is 2.11. The second-order valence-corrected chi connectivity index (χ2v) is 5.59. The monoisotopic (exact) mass is 359 g/mol. The van der Waals surface area contributed by atoms with Gasteiger partial charge in [-0.3, -0.25) is 4.79 Å². The summed E-state index contributed by atoms with van der Waals surface area (Å²) in [5.41, 5.74) is 1.78. The molecule has 2 rings (SSSR count). The van der Waals surface area contributed by atoms with Gasteiger partial charge in [-0.15, -0.1) is 0 Å². The van der Waals surface area contributed by atoms with E-state index >= 15 is 0 Å². The van der Waals surface area contributed by atoms with Crippen LogP contribution in [0.25, 0.3) is 0 Å². The van der Waals surface area contributed by atoms with E-state index in [0.717, 1.165) is 9.13 Å². The highest BCUT2D eigenvalue weighted by atomic mass is 127. The van der Waals surface area contributed by atoms with Gasteiger partial charge in [0.05, 0.1) is 11.6 Å². The first-order valence-electron chi connectivity index (χ1n) is 5.17. The molecule has 0 aliphatic heterocycles. The van der Waals surface area contributed by atoms with Gasteiger partial charge in [0, 0.05) is 15.3 Å². The van der Waals surface area contributed by atoms with Gasteiger partial charge in [-0.05, 0) is 53.3 Å². The lowest BCUT2D eigenvalue weighted by Crippen LogP contribution is -2.22. The molecule has 0 spiro atoms. The van der Waals surface area contributed by atoms with Gasteiger partial charge in [0.1, 0.15) is 0 Å². The Morgan fingerprint density at radius 2 is 2.12 bits per heavy atom. The van der Waals surface area contributed by atoms with Gasteiger partial charge < -0.3 is 4.57 Å². The third-order valence-corrected chi connectivity index (χ3v) is 3.35. The van der Waals surface area contributed by atoms with Crippen molar-refractivity contribution in [2.24, 2.45) is 0 Å². The summed E-state index contributed by atoms with van der Waals surface area (Å²) < 4.78 is 2.80. The van der Waals surface area contributed by atoms with Crippen LogP contribution in [-0.4, -0.2) is 4.57 Å². The summed E-state index contributed by atoms with van der Waals surface area (Å²) in [5, 5.41) is 0.590. The SMILES string of the molecule is Cc1cc(Cl)cn(Cc2cccc(I)c2)c1=O. The minimum Gasteiger partial charge on any atom is -0.309 e. The summed E-state index contributed by atoms with van der Waals surface area (Å²) in [5.74, 6) is 0. The van der Waals surface area contributed by atoms with E-state index in [1.54, 1.807) is 23.8 Å². The Labute approximate surface area is 118 Å². The summed E-state index contributed by atoms with van der Waals surface area (Å²) in [6, 6.07) is 9.76. The molecule has 0 atom stereocenters. The van der Waals surface area contributed by atoms with Crippen molar-refractivity contribution < 1.29 is 0 Å². The molecule has 1 aromatic heterocycles. The van der Waals surface area contributed by atoms with Crippen molar-refractivity contribution in [1.82, 2.24) is 4.57 Å². The van der Waals surface area contributed by atoms with E-state index in [2.05, 4.69) is 28.7 Å². The average molecular weight is 360 g/mol. The first-order valence-corrected chi connectivity index (χ1v) is 6.63. The molecule has 1 heterocycles. The Bertz CT molecular complexity index is 607. The first kappa shape index (κ1) is 12.6. The van der Waals surface area contributed by atoms with Crippen LogP contribution in [0.3, 0.4) is 0 Å². The summed E-state index contributed by atoms with van der Waals surface area (Å²) in [7, 11) is 0. The van der Waals surface area contributed by atoms with Gasteiger partial charge in [-0.1, -0.05) is 23.7 Å². The van der Waals surface area contributed by atoms with Gasteiger partial charge >= 0.3 is 0 Å². The van der Waals surface area contributed by atoms with Crippen LogP contribution < -0.4 is 5.56 Å². The lowest BCUT2D eigenvalue weighted by atomic mass is 10.2. The number of aryl methyl sites for hydroxylation is 1. The van der Waals surface area contributed by atoms with Crippen LogP contribution in [-0.2, 0) is 6.54 Å². The Balaban J connectivity index is 2.40. The minimum absolute atomic E-state index is 0.00765. The molecule has 0 saturated heterocycles. The van der Waals surface area contributed by atoms with E-state index in [1.807, 2.05) is 18.2 Å². The maximum Gasteiger partial charge on any atom is 0.253 e. The summed E-state index contributed by atoms with van der Waals surface area (Å²) in [4.78, 5) is 11.9. The molecular weight excluding hydrogens is 349 g/mol. The molecular formula is C13H11ClINO. The fourth-order valence-electron chi connectivity index (χ4n) is 1.69. The second kappa shape index (κ2) is 5.23. The molecule has 0 radical (unpaired) electrons. The first-order chi connectivity index (χ1) is 8.06. The van der Waals surface area contributed by atoms with Crippen molar-refractivity contribution in [3.05, 3.63) is 66.6 Å². The Kier molecular flexibility index (Phi) is 3.89. The third-order valence-electron chi connectivity index (χ3n) is 2.47. The molecule has 0 N–H and O–H groups in total. The van der Waals surface area contributed by atoms with Gasteiger partial charge in [-0.2, -0.15) is 0 Å². The molecule has 0 aliphatic rings.